The second-order valence-corrected chi connectivity index (χ2v) is 21.3. The van der Waals surface area contributed by atoms with Gasteiger partial charge in [0.15, 0.2) is 0 Å². The van der Waals surface area contributed by atoms with E-state index in [-0.39, 0.29) is 54.9 Å². The van der Waals surface area contributed by atoms with Crippen molar-refractivity contribution in [2.75, 3.05) is 0 Å². The summed E-state index contributed by atoms with van der Waals surface area (Å²) >= 11 is 0. The molecule has 2 saturated carbocycles. The van der Waals surface area contributed by atoms with Crippen LogP contribution < -0.4 is 0 Å². The molecule has 6 heterocycles. The third-order valence-electron chi connectivity index (χ3n) is 14.3. The van der Waals surface area contributed by atoms with Crippen LogP contribution in [-0.4, -0.2) is 114 Å². The molecule has 0 radical (unpaired) electrons. The van der Waals surface area contributed by atoms with E-state index in [2.05, 4.69) is 183 Å². The number of hydrogen-bond donors (Lipinski definition) is 0. The predicted octanol–water partition coefficient (Wildman–Crippen LogP) is 13.5. The molecule has 0 unspecified atom stereocenters. The van der Waals surface area contributed by atoms with Crippen molar-refractivity contribution in [3.05, 3.63) is 252 Å². The first-order valence-corrected chi connectivity index (χ1v) is 29.6. The maximum Gasteiger partial charge on any atom is 2.00 e. The molecule has 10 N–H and O–H groups in total. The summed E-state index contributed by atoms with van der Waals surface area (Å²) in [5.74, 6) is 0. The minimum Gasteiger partial charge on any atom is -0.457 e. The summed E-state index contributed by atoms with van der Waals surface area (Å²) in [5, 5.41) is 0. The molecule has 14 nitrogen and oxygen atoms in total. The number of halogens is 16. The minimum absolute atomic E-state index is 0. The first kappa shape index (κ1) is 93.2. The quantitative estimate of drug-likeness (QED) is 0.0399. The Bertz CT molecular complexity index is 2590. The molecule has 0 bridgehead atoms. The average Bonchev–Trinajstić information content (AvgIpc) is 0.816. The van der Waals surface area contributed by atoms with E-state index in [9.17, 15) is 69.1 Å². The molecule has 0 amide bonds. The second-order valence-electron chi connectivity index (χ2n) is 21.3. The topological polar surface area (TPSA) is 219 Å². The fraction of sp³-hybridized carbons (Fsp3) is 0.323. The standard InChI is InChI=1S/2C31H35N5.4BF4.2Ni.4H2O/c2*1-2-12-26(13-3-1)22-35(23-27-14-6-9-19-32-27)30-17-4-5-18-31(30)36(24-28-15-7-10-20-33-28)25-29-16-8-11-21-34-29;4*2-1(3,4)5;;;;;;/h2*1-3,6-16,19-21,30-31H,4-5,17-18,22-25H2;;;;;;;4*1H2/q;;4*-1;2*+2;;;;/p+2/t2*30-,31-;;;;;;;;;;/m11........../s1. The number of aromatic nitrogens is 6. The van der Waals surface area contributed by atoms with Crippen LogP contribution in [0, 0.1) is 0 Å². The van der Waals surface area contributed by atoms with Crippen molar-refractivity contribution in [3.8, 4) is 0 Å². The Balaban J connectivity index is 0. The Morgan fingerprint density at radius 2 is 0.408 bits per heavy atom. The number of rotatable bonds is 20. The van der Waals surface area contributed by atoms with Crippen LogP contribution in [0.4, 0.5) is 69.1 Å². The zero-order chi connectivity index (χ0) is 66.8. The van der Waals surface area contributed by atoms with Gasteiger partial charge in [0.05, 0.1) is 34.2 Å². The van der Waals surface area contributed by atoms with Gasteiger partial charge in [0.2, 0.25) is 0 Å². The van der Waals surface area contributed by atoms with Crippen molar-refractivity contribution in [2.45, 2.75) is 128 Å². The summed E-state index contributed by atoms with van der Waals surface area (Å²) in [7, 11) is -24.0. The van der Waals surface area contributed by atoms with E-state index in [1.807, 2.05) is 73.6 Å². The Morgan fingerprint density at radius 1 is 0.255 bits per heavy atom. The molecule has 98 heavy (non-hydrogen) atoms. The van der Waals surface area contributed by atoms with Crippen LogP contribution in [-0.2, 0) is 96.3 Å². The largest absolute Gasteiger partial charge is 2.00 e. The van der Waals surface area contributed by atoms with Gasteiger partial charge < -0.3 is 91.0 Å². The summed E-state index contributed by atoms with van der Waals surface area (Å²) in [6.45, 7) is 6.81. The zero-order valence-electron chi connectivity index (χ0n) is 52.9. The third kappa shape index (κ3) is 42.8. The summed E-state index contributed by atoms with van der Waals surface area (Å²) in [4.78, 5) is 38.6. The Morgan fingerprint density at radius 3 is 0.561 bits per heavy atom. The van der Waals surface area contributed by atoms with Crippen molar-refractivity contribution in [2.24, 2.45) is 0 Å². The molecular weight excluding hydrogens is 1410 g/mol. The molecule has 0 spiro atoms. The Labute approximate surface area is 580 Å². The van der Waals surface area contributed by atoms with Crippen LogP contribution in [0.5, 0.6) is 0 Å². The van der Waals surface area contributed by atoms with E-state index in [0.29, 0.717) is 24.2 Å². The van der Waals surface area contributed by atoms with Gasteiger partial charge in [0, 0.05) is 114 Å². The van der Waals surface area contributed by atoms with Crippen molar-refractivity contribution in [1.82, 2.24) is 49.5 Å². The van der Waals surface area contributed by atoms with E-state index in [1.165, 1.54) is 62.5 Å². The van der Waals surface area contributed by atoms with Crippen molar-refractivity contribution in [3.63, 3.8) is 0 Å². The molecule has 6 aromatic heterocycles. The number of nitrogens with zero attached hydrogens (tertiary/aromatic N) is 10. The van der Waals surface area contributed by atoms with E-state index in [0.717, 1.165) is 86.5 Å². The van der Waals surface area contributed by atoms with Crippen molar-refractivity contribution < 1.29 is 124 Å². The van der Waals surface area contributed by atoms with Crippen molar-refractivity contribution >= 4 is 29.0 Å². The van der Waals surface area contributed by atoms with E-state index in [4.69, 9.17) is 0 Å². The predicted molar refractivity (Wildman–Crippen MR) is 345 cm³/mol. The first-order chi connectivity index (χ1) is 43.7. The molecule has 4 atom stereocenters. The number of hydrogen-bond acceptors (Lipinski definition) is 10. The molecule has 2 aliphatic carbocycles. The third-order valence-corrected chi connectivity index (χ3v) is 14.3. The van der Waals surface area contributed by atoms with Gasteiger partial charge in [-0.3, -0.25) is 49.5 Å². The van der Waals surface area contributed by atoms with Gasteiger partial charge in [-0.1, -0.05) is 123 Å². The van der Waals surface area contributed by atoms with Gasteiger partial charge in [0.25, 0.3) is 0 Å². The summed E-state index contributed by atoms with van der Waals surface area (Å²) < 4.78 is 156. The fourth-order valence-electron chi connectivity index (χ4n) is 10.9. The summed E-state index contributed by atoms with van der Waals surface area (Å²) in [5.41, 5.74) is 9.37. The fourth-order valence-corrected chi connectivity index (χ4v) is 10.9. The molecule has 2 fully saturated rings. The first-order valence-electron chi connectivity index (χ1n) is 29.6. The summed E-state index contributed by atoms with van der Waals surface area (Å²) in [6.07, 6.45) is 21.2. The maximum absolute atomic E-state index is 9.75. The normalized spacial score (nSPS) is 15.6. The zero-order valence-corrected chi connectivity index (χ0v) is 54.8. The second kappa shape index (κ2) is 48.8. The van der Waals surface area contributed by atoms with Gasteiger partial charge in [-0.05, 0) is 110 Å². The van der Waals surface area contributed by atoms with Gasteiger partial charge in [-0.2, -0.15) is 0 Å². The molecule has 544 valence electrons. The Hall–Kier alpha value is -6.85. The number of pyridine rings is 6. The molecule has 10 rings (SSSR count). The number of benzene rings is 2. The Kier molecular flexibility index (Phi) is 46.4. The monoisotopic (exact) mass is 1490 g/mol. The van der Waals surface area contributed by atoms with Crippen LogP contribution in [0.15, 0.2) is 207 Å². The van der Waals surface area contributed by atoms with Crippen LogP contribution >= 0.6 is 0 Å². The van der Waals surface area contributed by atoms with Crippen molar-refractivity contribution in [1.29, 1.82) is 0 Å². The van der Waals surface area contributed by atoms with Gasteiger partial charge in [-0.15, -0.1) is 0 Å². The van der Waals surface area contributed by atoms with Crippen LogP contribution in [0.3, 0.4) is 0 Å². The van der Waals surface area contributed by atoms with Crippen LogP contribution in [0.25, 0.3) is 0 Å². The molecule has 0 aliphatic heterocycles. The van der Waals surface area contributed by atoms with Crippen LogP contribution in [0.1, 0.15) is 96.7 Å². The van der Waals surface area contributed by atoms with Gasteiger partial charge >= 0.3 is 62.0 Å². The smallest absolute Gasteiger partial charge is 0.457 e. The maximum atomic E-state index is 9.75. The van der Waals surface area contributed by atoms with E-state index < -0.39 is 29.0 Å². The van der Waals surface area contributed by atoms with E-state index in [1.54, 1.807) is 0 Å². The average molecular weight is 1490 g/mol. The molecule has 8 aromatic rings. The SMILES string of the molecule is F[B-](F)(F)F.F[B-](F)(F)F.F[B-](F)(F)F.F[B-](F)(F)F.O.O.[Ni+2].[Ni+2].[OH3+].[OH3+].c1ccc(CN(Cc2ccccn2)[C@@H]2CCCC[C@H]2N(Cc2ccccn2)Cc2ccccn2)cc1.c1ccc(CN(Cc2ccccn2)[C@@H]2CCCC[C@H]2N(Cc2ccccn2)Cc2ccccn2)cc1. The minimum atomic E-state index is -6.00. The molecule has 36 heteroatoms. The summed E-state index contributed by atoms with van der Waals surface area (Å²) in [6, 6.07) is 60.7. The van der Waals surface area contributed by atoms with Gasteiger partial charge in [-0.25, -0.2) is 0 Å². The van der Waals surface area contributed by atoms with Crippen LogP contribution in [0.2, 0.25) is 0 Å². The molecular formula is C62H80B4F16N10Ni2O4+2. The van der Waals surface area contributed by atoms with E-state index >= 15 is 0 Å². The molecule has 2 aliphatic rings. The van der Waals surface area contributed by atoms with Gasteiger partial charge in [0.1, 0.15) is 0 Å². The molecule has 2 aromatic carbocycles. The molecule has 0 saturated heterocycles.